The molecule has 4 aromatic rings. The molecule has 2 aromatic heterocycles. The van der Waals surface area contributed by atoms with E-state index in [0.717, 1.165) is 24.2 Å². The van der Waals surface area contributed by atoms with E-state index in [9.17, 15) is 4.79 Å². The predicted molar refractivity (Wildman–Crippen MR) is 129 cm³/mol. The number of carbonyl (C=O) groups is 1. The van der Waals surface area contributed by atoms with Crippen LogP contribution in [0.25, 0.3) is 5.69 Å². The number of amides is 1. The normalized spacial score (nSPS) is 15.6. The third-order valence-electron chi connectivity index (χ3n) is 6.00. The predicted octanol–water partition coefficient (Wildman–Crippen LogP) is 4.19. The Morgan fingerprint density at radius 2 is 1.80 bits per heavy atom. The first-order valence-corrected chi connectivity index (χ1v) is 11.5. The average molecular weight is 471 g/mol. The first-order chi connectivity index (χ1) is 17.1. The molecule has 9 heteroatoms. The van der Waals surface area contributed by atoms with E-state index in [1.807, 2.05) is 66.4 Å². The fourth-order valence-corrected chi connectivity index (χ4v) is 4.27. The highest BCUT2D eigenvalue weighted by molar-refractivity contribution is 5.94. The lowest BCUT2D eigenvalue weighted by Crippen LogP contribution is -2.39. The number of methoxy groups -OCH3 is 1. The van der Waals surface area contributed by atoms with Gasteiger partial charge in [-0.05, 0) is 50.1 Å². The molecule has 0 aliphatic carbocycles. The lowest BCUT2D eigenvalue weighted by atomic mass is 9.96. The second-order valence-corrected chi connectivity index (χ2v) is 8.50. The molecular formula is C26H26N6O3. The molecule has 1 aliphatic heterocycles. The summed E-state index contributed by atoms with van der Waals surface area (Å²) in [6.07, 6.45) is 5.01. The molecule has 1 amide bonds. The molecule has 1 atom stereocenters. The van der Waals surface area contributed by atoms with Crippen LogP contribution < -0.4 is 9.47 Å². The van der Waals surface area contributed by atoms with E-state index in [1.54, 1.807) is 24.3 Å². The first-order valence-electron chi connectivity index (χ1n) is 11.5. The summed E-state index contributed by atoms with van der Waals surface area (Å²) in [5.41, 5.74) is 2.29. The highest BCUT2D eigenvalue weighted by atomic mass is 16.5. The maximum Gasteiger partial charge on any atom is 0.253 e. The van der Waals surface area contributed by atoms with Crippen LogP contribution in [0.2, 0.25) is 0 Å². The minimum atomic E-state index is -0.00914. The second kappa shape index (κ2) is 9.92. The Labute approximate surface area is 203 Å². The Bertz CT molecular complexity index is 1320. The summed E-state index contributed by atoms with van der Waals surface area (Å²) in [6, 6.07) is 16.7. The van der Waals surface area contributed by atoms with Gasteiger partial charge in [-0.2, -0.15) is 4.98 Å². The fraction of sp³-hybridized carbons (Fsp3) is 0.269. The molecule has 35 heavy (non-hydrogen) atoms. The average Bonchev–Trinajstić information content (AvgIpc) is 3.43. The number of piperidine rings is 1. The van der Waals surface area contributed by atoms with Crippen molar-refractivity contribution in [3.8, 4) is 23.1 Å². The van der Waals surface area contributed by atoms with Crippen LogP contribution in [0, 0.1) is 6.92 Å². The van der Waals surface area contributed by atoms with Gasteiger partial charge in [0.15, 0.2) is 0 Å². The molecule has 178 valence electrons. The second-order valence-electron chi connectivity index (χ2n) is 8.50. The first kappa shape index (κ1) is 22.5. The van der Waals surface area contributed by atoms with Crippen LogP contribution in [0.1, 0.15) is 40.6 Å². The maximum absolute atomic E-state index is 13.3. The Morgan fingerprint density at radius 3 is 2.63 bits per heavy atom. The molecular weight excluding hydrogens is 444 g/mol. The van der Waals surface area contributed by atoms with Crippen molar-refractivity contribution >= 4 is 5.91 Å². The number of benzene rings is 2. The van der Waals surface area contributed by atoms with Crippen LogP contribution in [0.15, 0.2) is 67.3 Å². The fourth-order valence-electron chi connectivity index (χ4n) is 4.27. The van der Waals surface area contributed by atoms with Crippen molar-refractivity contribution in [2.45, 2.75) is 25.7 Å². The molecule has 3 heterocycles. The SMILES string of the molecule is COc1cccc(Oc2cc(C)nc([C@H]3CCCN(C(=O)c4cccc(-n5cnnc5)c4)C3)n2)c1. The summed E-state index contributed by atoms with van der Waals surface area (Å²) >= 11 is 0. The van der Waals surface area contributed by atoms with Gasteiger partial charge in [-0.25, -0.2) is 4.98 Å². The molecule has 0 bridgehead atoms. The molecule has 5 rings (SSSR count). The number of ether oxygens (including phenoxy) is 2. The van der Waals surface area contributed by atoms with E-state index in [4.69, 9.17) is 14.5 Å². The van der Waals surface area contributed by atoms with E-state index in [2.05, 4.69) is 15.2 Å². The highest BCUT2D eigenvalue weighted by Crippen LogP contribution is 2.29. The van der Waals surface area contributed by atoms with Crippen LogP contribution in [-0.2, 0) is 0 Å². The Kier molecular flexibility index (Phi) is 6.38. The van der Waals surface area contributed by atoms with Crippen molar-refractivity contribution in [3.63, 3.8) is 0 Å². The van der Waals surface area contributed by atoms with Crippen LogP contribution in [0.4, 0.5) is 0 Å². The minimum Gasteiger partial charge on any atom is -0.497 e. The summed E-state index contributed by atoms with van der Waals surface area (Å²) in [5, 5.41) is 7.69. The van der Waals surface area contributed by atoms with Gasteiger partial charge in [0.1, 0.15) is 30.0 Å². The number of aromatic nitrogens is 5. The van der Waals surface area contributed by atoms with Gasteiger partial charge in [0.25, 0.3) is 5.91 Å². The molecule has 0 spiro atoms. The summed E-state index contributed by atoms with van der Waals surface area (Å²) in [5.74, 6) is 2.54. The van der Waals surface area contributed by atoms with Crippen LogP contribution in [0.3, 0.4) is 0 Å². The zero-order valence-electron chi connectivity index (χ0n) is 19.7. The van der Waals surface area contributed by atoms with Crippen molar-refractivity contribution in [1.29, 1.82) is 0 Å². The quantitative estimate of drug-likeness (QED) is 0.417. The van der Waals surface area contributed by atoms with Crippen molar-refractivity contribution in [2.24, 2.45) is 0 Å². The van der Waals surface area contributed by atoms with Gasteiger partial charge in [0.2, 0.25) is 5.88 Å². The van der Waals surface area contributed by atoms with E-state index in [0.29, 0.717) is 41.9 Å². The van der Waals surface area contributed by atoms with E-state index in [-0.39, 0.29) is 11.8 Å². The highest BCUT2D eigenvalue weighted by Gasteiger charge is 2.28. The van der Waals surface area contributed by atoms with E-state index in [1.165, 1.54) is 0 Å². The van der Waals surface area contributed by atoms with Gasteiger partial charge in [0.05, 0.1) is 7.11 Å². The third-order valence-corrected chi connectivity index (χ3v) is 6.00. The van der Waals surface area contributed by atoms with Crippen molar-refractivity contribution in [1.82, 2.24) is 29.6 Å². The summed E-state index contributed by atoms with van der Waals surface area (Å²) in [4.78, 5) is 24.6. The van der Waals surface area contributed by atoms with Gasteiger partial charge >= 0.3 is 0 Å². The number of hydrogen-bond donors (Lipinski definition) is 0. The van der Waals surface area contributed by atoms with Gasteiger partial charge < -0.3 is 14.4 Å². The number of carbonyl (C=O) groups excluding carboxylic acids is 1. The molecule has 1 aliphatic rings. The summed E-state index contributed by atoms with van der Waals surface area (Å²) in [7, 11) is 1.62. The molecule has 0 radical (unpaired) electrons. The lowest BCUT2D eigenvalue weighted by Gasteiger charge is -2.32. The molecule has 9 nitrogen and oxygen atoms in total. The Morgan fingerprint density at radius 1 is 1.00 bits per heavy atom. The van der Waals surface area contributed by atoms with Gasteiger partial charge in [-0.15, -0.1) is 10.2 Å². The molecule has 0 saturated carbocycles. The number of hydrogen-bond acceptors (Lipinski definition) is 7. The molecule has 2 aromatic carbocycles. The largest absolute Gasteiger partial charge is 0.497 e. The van der Waals surface area contributed by atoms with Crippen LogP contribution in [-0.4, -0.2) is 55.7 Å². The lowest BCUT2D eigenvalue weighted by molar-refractivity contribution is 0.0704. The van der Waals surface area contributed by atoms with E-state index < -0.39 is 0 Å². The number of aryl methyl sites for hydroxylation is 1. The number of nitrogens with zero attached hydrogens (tertiary/aromatic N) is 6. The van der Waals surface area contributed by atoms with Gasteiger partial charge in [0, 0.05) is 48.1 Å². The number of likely N-dealkylation sites (tertiary alicyclic amines) is 1. The van der Waals surface area contributed by atoms with Gasteiger partial charge in [-0.3, -0.25) is 9.36 Å². The summed E-state index contributed by atoms with van der Waals surface area (Å²) in [6.45, 7) is 3.18. The van der Waals surface area contributed by atoms with Crippen molar-refractivity contribution < 1.29 is 14.3 Å². The Hall–Kier alpha value is -4.27. The smallest absolute Gasteiger partial charge is 0.253 e. The van der Waals surface area contributed by atoms with Crippen LogP contribution in [0.5, 0.6) is 17.4 Å². The standard InChI is InChI=1S/C26H26N6O3/c1-18-12-24(35-23-10-4-9-22(14-23)34-2)30-25(29-18)20-7-5-11-31(15-20)26(33)19-6-3-8-21(13-19)32-16-27-28-17-32/h3-4,6,8-10,12-14,16-17,20H,5,7,11,15H2,1-2H3/t20-/m0/s1. The maximum atomic E-state index is 13.3. The number of rotatable bonds is 6. The van der Waals surface area contributed by atoms with Gasteiger partial charge in [-0.1, -0.05) is 12.1 Å². The van der Waals surface area contributed by atoms with Crippen molar-refractivity contribution in [3.05, 3.63) is 84.3 Å². The Balaban J connectivity index is 1.33. The monoisotopic (exact) mass is 470 g/mol. The summed E-state index contributed by atoms with van der Waals surface area (Å²) < 4.78 is 13.1. The molecule has 1 fully saturated rings. The zero-order chi connectivity index (χ0) is 24.2. The molecule has 1 saturated heterocycles. The van der Waals surface area contributed by atoms with Crippen molar-refractivity contribution in [2.75, 3.05) is 20.2 Å². The topological polar surface area (TPSA) is 95.3 Å². The van der Waals surface area contributed by atoms with Crippen LogP contribution >= 0.6 is 0 Å². The molecule has 0 unspecified atom stereocenters. The third kappa shape index (κ3) is 5.13. The minimum absolute atomic E-state index is 0.00914. The van der Waals surface area contributed by atoms with E-state index >= 15 is 0 Å². The molecule has 0 N–H and O–H groups in total. The zero-order valence-corrected chi connectivity index (χ0v) is 19.7.